The first kappa shape index (κ1) is 20.0. The lowest BCUT2D eigenvalue weighted by atomic mass is 10.1. The Morgan fingerprint density at radius 2 is 1.83 bits per heavy atom. The van der Waals surface area contributed by atoms with Gasteiger partial charge in [-0.25, -0.2) is 0 Å². The van der Waals surface area contributed by atoms with Gasteiger partial charge in [0.1, 0.15) is 0 Å². The first-order valence-electron chi connectivity index (χ1n) is 9.94. The molecule has 8 heteroatoms. The normalized spacial score (nSPS) is 15.0. The number of para-hydroxylation sites is 1. The van der Waals surface area contributed by atoms with E-state index in [2.05, 4.69) is 16.3 Å². The maximum absolute atomic E-state index is 12.6. The average Bonchev–Trinajstić information content (AvgIpc) is 3.26. The van der Waals surface area contributed by atoms with Gasteiger partial charge in [0.25, 0.3) is 5.91 Å². The van der Waals surface area contributed by atoms with E-state index >= 15 is 0 Å². The third kappa shape index (κ3) is 4.49. The van der Waals surface area contributed by atoms with Crippen molar-refractivity contribution in [1.29, 1.82) is 0 Å². The third-order valence-electron chi connectivity index (χ3n) is 5.21. The minimum atomic E-state index is -0.330. The number of amides is 2. The number of likely N-dealkylation sites (N-methyl/N-ethyl adjacent to an activating group) is 1. The van der Waals surface area contributed by atoms with Crippen LogP contribution in [0.4, 0.5) is 5.69 Å². The Morgan fingerprint density at radius 3 is 2.67 bits per heavy atom. The largest absolute Gasteiger partial charge is 0.454 e. The van der Waals surface area contributed by atoms with E-state index in [-0.39, 0.29) is 25.2 Å². The molecule has 2 aliphatic rings. The summed E-state index contributed by atoms with van der Waals surface area (Å²) in [5.41, 5.74) is 2.61. The number of hydrogen-bond acceptors (Lipinski definition) is 6. The Kier molecular flexibility index (Phi) is 6.04. The summed E-state index contributed by atoms with van der Waals surface area (Å²) in [7, 11) is 1.74. The second-order valence-corrected chi connectivity index (χ2v) is 7.23. The van der Waals surface area contributed by atoms with E-state index in [9.17, 15) is 9.59 Å². The number of ether oxygens (including phenoxy) is 3. The van der Waals surface area contributed by atoms with E-state index < -0.39 is 0 Å². The average molecular weight is 411 g/mol. The fourth-order valence-electron chi connectivity index (χ4n) is 3.53. The van der Waals surface area contributed by atoms with Gasteiger partial charge >= 0.3 is 0 Å². The fourth-order valence-corrected chi connectivity index (χ4v) is 3.53. The lowest BCUT2D eigenvalue weighted by molar-refractivity contribution is -0.129. The van der Waals surface area contributed by atoms with Crippen molar-refractivity contribution < 1.29 is 23.8 Å². The summed E-state index contributed by atoms with van der Waals surface area (Å²) < 4.78 is 16.0. The van der Waals surface area contributed by atoms with Crippen LogP contribution in [0.25, 0.3) is 0 Å². The molecule has 0 spiro atoms. The van der Waals surface area contributed by atoms with Crippen molar-refractivity contribution in [2.24, 2.45) is 0 Å². The van der Waals surface area contributed by atoms with E-state index in [1.807, 2.05) is 18.2 Å². The Bertz CT molecular complexity index is 927. The summed E-state index contributed by atoms with van der Waals surface area (Å²) in [6.07, 6.45) is 0. The molecular weight excluding hydrogens is 386 g/mol. The molecule has 158 valence electrons. The lowest BCUT2D eigenvalue weighted by Gasteiger charge is -2.31. The summed E-state index contributed by atoms with van der Waals surface area (Å²) in [5.74, 6) is 0.650. The number of anilines is 1. The van der Waals surface area contributed by atoms with Crippen LogP contribution in [0.5, 0.6) is 11.5 Å². The Balaban J connectivity index is 1.34. The van der Waals surface area contributed by atoms with Gasteiger partial charge in [-0.3, -0.25) is 9.59 Å². The van der Waals surface area contributed by atoms with Crippen LogP contribution in [-0.2, 0) is 16.1 Å². The second kappa shape index (κ2) is 9.04. The van der Waals surface area contributed by atoms with Crippen LogP contribution in [0.3, 0.4) is 0 Å². The molecule has 0 saturated carbocycles. The number of benzene rings is 2. The molecule has 0 bridgehead atoms. The van der Waals surface area contributed by atoms with E-state index in [1.54, 1.807) is 30.1 Å². The van der Waals surface area contributed by atoms with Crippen LogP contribution in [0.2, 0.25) is 0 Å². The monoisotopic (exact) mass is 411 g/mol. The third-order valence-corrected chi connectivity index (χ3v) is 5.21. The molecule has 8 nitrogen and oxygen atoms in total. The van der Waals surface area contributed by atoms with Gasteiger partial charge in [-0.1, -0.05) is 18.2 Å². The van der Waals surface area contributed by atoms with Gasteiger partial charge < -0.3 is 29.3 Å². The van der Waals surface area contributed by atoms with Crippen molar-refractivity contribution in [1.82, 2.24) is 10.2 Å². The van der Waals surface area contributed by atoms with Gasteiger partial charge in [0.15, 0.2) is 11.5 Å². The molecule has 2 amide bonds. The molecule has 0 aliphatic carbocycles. The number of fused-ring (bicyclic) bond motifs is 1. The molecular formula is C22H25N3O5. The van der Waals surface area contributed by atoms with Crippen molar-refractivity contribution in [3.63, 3.8) is 0 Å². The predicted octanol–water partition coefficient (Wildman–Crippen LogP) is 1.64. The Hall–Kier alpha value is -3.26. The quantitative estimate of drug-likeness (QED) is 0.779. The van der Waals surface area contributed by atoms with Crippen LogP contribution in [-0.4, -0.2) is 63.4 Å². The van der Waals surface area contributed by atoms with Gasteiger partial charge in [0, 0.05) is 37.9 Å². The van der Waals surface area contributed by atoms with Crippen molar-refractivity contribution in [3.05, 3.63) is 53.6 Å². The first-order valence-corrected chi connectivity index (χ1v) is 9.94. The smallest absolute Gasteiger partial charge is 0.251 e. The molecule has 30 heavy (non-hydrogen) atoms. The standard InChI is InChI=1S/C22H25N3O5/c1-24(14-17-4-2-3-5-18(17)25-8-10-28-11-9-25)21(26)13-23-22(27)16-6-7-19-20(12-16)30-15-29-19/h2-7,12H,8-11,13-15H2,1H3,(H,23,27). The summed E-state index contributed by atoms with van der Waals surface area (Å²) in [4.78, 5) is 28.9. The molecule has 2 aromatic carbocycles. The van der Waals surface area contributed by atoms with Gasteiger partial charge in [-0.15, -0.1) is 0 Å². The zero-order valence-electron chi connectivity index (χ0n) is 16.9. The zero-order chi connectivity index (χ0) is 20.9. The highest BCUT2D eigenvalue weighted by molar-refractivity contribution is 5.97. The zero-order valence-corrected chi connectivity index (χ0v) is 16.9. The topological polar surface area (TPSA) is 80.3 Å². The highest BCUT2D eigenvalue weighted by Gasteiger charge is 2.19. The van der Waals surface area contributed by atoms with Crippen molar-refractivity contribution in [2.45, 2.75) is 6.54 Å². The maximum atomic E-state index is 12.6. The molecule has 1 saturated heterocycles. The first-order chi connectivity index (χ1) is 14.6. The number of carbonyl (C=O) groups is 2. The number of morpholine rings is 1. The van der Waals surface area contributed by atoms with Gasteiger partial charge in [-0.2, -0.15) is 0 Å². The highest BCUT2D eigenvalue weighted by Crippen LogP contribution is 2.32. The Morgan fingerprint density at radius 1 is 1.07 bits per heavy atom. The molecule has 0 radical (unpaired) electrons. The summed E-state index contributed by atoms with van der Waals surface area (Å²) in [6.45, 7) is 3.61. The number of hydrogen-bond donors (Lipinski definition) is 1. The number of nitrogens with one attached hydrogen (secondary N) is 1. The van der Waals surface area contributed by atoms with Gasteiger partial charge in [0.2, 0.25) is 12.7 Å². The summed E-state index contributed by atoms with van der Waals surface area (Å²) in [5, 5.41) is 2.68. The maximum Gasteiger partial charge on any atom is 0.251 e. The summed E-state index contributed by atoms with van der Waals surface area (Å²) in [6, 6.07) is 13.0. The SMILES string of the molecule is CN(Cc1ccccc1N1CCOCC1)C(=O)CNC(=O)c1ccc2c(c1)OCO2. The minimum absolute atomic E-state index is 0.0799. The van der Waals surface area contributed by atoms with Crippen LogP contribution < -0.4 is 19.7 Å². The molecule has 0 unspecified atom stereocenters. The van der Waals surface area contributed by atoms with E-state index in [1.165, 1.54) is 0 Å². The van der Waals surface area contributed by atoms with E-state index in [0.29, 0.717) is 36.8 Å². The molecule has 4 rings (SSSR count). The molecule has 1 N–H and O–H groups in total. The van der Waals surface area contributed by atoms with Crippen LogP contribution in [0.1, 0.15) is 15.9 Å². The van der Waals surface area contributed by atoms with Gasteiger partial charge in [0.05, 0.1) is 19.8 Å². The van der Waals surface area contributed by atoms with Crippen molar-refractivity contribution >= 4 is 17.5 Å². The molecule has 2 heterocycles. The van der Waals surface area contributed by atoms with Crippen molar-refractivity contribution in [2.75, 3.05) is 51.6 Å². The number of nitrogens with zero attached hydrogens (tertiary/aromatic N) is 2. The van der Waals surface area contributed by atoms with Crippen LogP contribution >= 0.6 is 0 Å². The molecule has 2 aliphatic heterocycles. The van der Waals surface area contributed by atoms with E-state index in [4.69, 9.17) is 14.2 Å². The van der Waals surface area contributed by atoms with Crippen LogP contribution in [0.15, 0.2) is 42.5 Å². The second-order valence-electron chi connectivity index (χ2n) is 7.23. The van der Waals surface area contributed by atoms with Crippen molar-refractivity contribution in [3.8, 4) is 11.5 Å². The molecule has 2 aromatic rings. The fraction of sp³-hybridized carbons (Fsp3) is 0.364. The predicted molar refractivity (Wildman–Crippen MR) is 111 cm³/mol. The summed E-state index contributed by atoms with van der Waals surface area (Å²) >= 11 is 0. The lowest BCUT2D eigenvalue weighted by Crippen LogP contribution is -2.39. The molecule has 1 fully saturated rings. The highest BCUT2D eigenvalue weighted by atomic mass is 16.7. The Labute approximate surface area is 175 Å². The van der Waals surface area contributed by atoms with E-state index in [0.717, 1.165) is 24.3 Å². The number of rotatable bonds is 6. The van der Waals surface area contributed by atoms with Gasteiger partial charge in [-0.05, 0) is 29.8 Å². The minimum Gasteiger partial charge on any atom is -0.454 e. The molecule has 0 aromatic heterocycles. The number of carbonyl (C=O) groups excluding carboxylic acids is 2. The molecule has 0 atom stereocenters. The van der Waals surface area contributed by atoms with Crippen LogP contribution in [0, 0.1) is 0 Å².